The third-order valence-electron chi connectivity index (χ3n) is 3.83. The maximum absolute atomic E-state index is 12.1. The third-order valence-corrected chi connectivity index (χ3v) is 5.29. The van der Waals surface area contributed by atoms with Crippen molar-refractivity contribution in [1.29, 1.82) is 0 Å². The first-order chi connectivity index (χ1) is 9.20. The van der Waals surface area contributed by atoms with E-state index in [1.807, 2.05) is 0 Å². The number of rotatable bonds is 4. The van der Waals surface area contributed by atoms with Crippen molar-refractivity contribution in [2.45, 2.75) is 32.1 Å². The molecule has 20 heavy (non-hydrogen) atoms. The average molecular weight is 316 g/mol. The number of nitrogens with one attached hydrogen (secondary N) is 1. The van der Waals surface area contributed by atoms with Crippen LogP contribution in [-0.2, 0) is 9.05 Å². The maximum atomic E-state index is 12.1. The van der Waals surface area contributed by atoms with Gasteiger partial charge in [-0.05, 0) is 49.3 Å². The molecule has 0 bridgehead atoms. The molecule has 1 aliphatic rings. The van der Waals surface area contributed by atoms with Gasteiger partial charge in [0.05, 0.1) is 4.90 Å². The zero-order valence-corrected chi connectivity index (χ0v) is 13.3. The van der Waals surface area contributed by atoms with Crippen molar-refractivity contribution in [3.05, 3.63) is 28.8 Å². The molecule has 2 rings (SSSR count). The molecule has 1 aromatic carbocycles. The molecule has 0 aliphatic heterocycles. The molecule has 2 atom stereocenters. The van der Waals surface area contributed by atoms with Crippen LogP contribution < -0.4 is 5.32 Å². The number of carbonyl (C=O) groups is 1. The Morgan fingerprint density at radius 1 is 1.35 bits per heavy atom. The number of hydrogen-bond acceptors (Lipinski definition) is 3. The minimum absolute atomic E-state index is 0.00490. The monoisotopic (exact) mass is 315 g/mol. The van der Waals surface area contributed by atoms with E-state index in [9.17, 15) is 13.2 Å². The van der Waals surface area contributed by atoms with Crippen molar-refractivity contribution >= 4 is 25.6 Å². The number of amides is 1. The van der Waals surface area contributed by atoms with E-state index in [0.717, 1.165) is 12.0 Å². The van der Waals surface area contributed by atoms with Gasteiger partial charge in [-0.15, -0.1) is 0 Å². The van der Waals surface area contributed by atoms with Gasteiger partial charge in [-0.3, -0.25) is 4.79 Å². The fraction of sp³-hybridized carbons (Fsp3) is 0.500. The molecule has 0 saturated heterocycles. The van der Waals surface area contributed by atoms with E-state index in [1.165, 1.54) is 6.07 Å². The van der Waals surface area contributed by atoms with Crippen molar-refractivity contribution < 1.29 is 13.2 Å². The molecule has 0 aromatic heterocycles. The second-order valence-corrected chi connectivity index (χ2v) is 8.09. The first kappa shape index (κ1) is 15.3. The van der Waals surface area contributed by atoms with Crippen molar-refractivity contribution in [2.75, 3.05) is 6.54 Å². The Hall–Kier alpha value is -1.07. The van der Waals surface area contributed by atoms with E-state index in [0.29, 0.717) is 29.5 Å². The van der Waals surface area contributed by atoms with E-state index >= 15 is 0 Å². The topological polar surface area (TPSA) is 63.2 Å². The molecule has 110 valence electrons. The van der Waals surface area contributed by atoms with Crippen LogP contribution in [0, 0.1) is 25.7 Å². The Morgan fingerprint density at radius 2 is 1.95 bits per heavy atom. The predicted molar refractivity (Wildman–Crippen MR) is 78.6 cm³/mol. The van der Waals surface area contributed by atoms with E-state index in [2.05, 4.69) is 12.2 Å². The van der Waals surface area contributed by atoms with Gasteiger partial charge in [0.15, 0.2) is 0 Å². The smallest absolute Gasteiger partial charge is 0.261 e. The quantitative estimate of drug-likeness (QED) is 0.869. The summed E-state index contributed by atoms with van der Waals surface area (Å²) in [4.78, 5) is 12.1. The van der Waals surface area contributed by atoms with E-state index in [4.69, 9.17) is 10.7 Å². The summed E-state index contributed by atoms with van der Waals surface area (Å²) in [5.74, 6) is 0.956. The van der Waals surface area contributed by atoms with Gasteiger partial charge in [0.2, 0.25) is 0 Å². The fourth-order valence-corrected chi connectivity index (χ4v) is 3.54. The lowest BCUT2D eigenvalue weighted by atomic mass is 10.0. The summed E-state index contributed by atoms with van der Waals surface area (Å²) in [5, 5.41) is 2.85. The molecule has 1 amide bonds. The molecule has 0 heterocycles. The van der Waals surface area contributed by atoms with Crippen molar-refractivity contribution in [3.63, 3.8) is 0 Å². The number of carbonyl (C=O) groups excluding carboxylic acids is 1. The molecule has 1 saturated carbocycles. The molecular weight excluding hydrogens is 298 g/mol. The number of aryl methyl sites for hydroxylation is 2. The van der Waals surface area contributed by atoms with Gasteiger partial charge in [0.1, 0.15) is 0 Å². The van der Waals surface area contributed by atoms with Gasteiger partial charge < -0.3 is 5.32 Å². The Bertz CT molecular complexity index is 655. The van der Waals surface area contributed by atoms with Crippen LogP contribution in [0.1, 0.15) is 34.8 Å². The minimum Gasteiger partial charge on any atom is -0.352 e. The van der Waals surface area contributed by atoms with Crippen LogP contribution in [-0.4, -0.2) is 20.9 Å². The molecule has 1 N–H and O–H groups in total. The highest BCUT2D eigenvalue weighted by molar-refractivity contribution is 8.13. The van der Waals surface area contributed by atoms with Gasteiger partial charge in [-0.25, -0.2) is 8.42 Å². The lowest BCUT2D eigenvalue weighted by molar-refractivity contribution is 0.0950. The van der Waals surface area contributed by atoms with Gasteiger partial charge in [-0.1, -0.05) is 13.0 Å². The first-order valence-corrected chi connectivity index (χ1v) is 8.85. The SMILES string of the molecule is Cc1cc(C)c(S(=O)(=O)Cl)cc1C(=O)NCC1CC1C. The molecule has 2 unspecified atom stereocenters. The Kier molecular flexibility index (Phi) is 4.12. The summed E-state index contributed by atoms with van der Waals surface area (Å²) in [5.41, 5.74) is 1.65. The molecular formula is C14H18ClNO3S. The Labute approximate surface area is 123 Å². The zero-order chi connectivity index (χ0) is 15.1. The molecule has 4 nitrogen and oxygen atoms in total. The molecule has 1 aromatic rings. The largest absolute Gasteiger partial charge is 0.352 e. The molecule has 0 radical (unpaired) electrons. The highest BCUT2D eigenvalue weighted by Crippen LogP contribution is 2.36. The number of benzene rings is 1. The molecule has 1 aliphatic carbocycles. The predicted octanol–water partition coefficient (Wildman–Crippen LogP) is 2.62. The Morgan fingerprint density at radius 3 is 2.45 bits per heavy atom. The van der Waals surface area contributed by atoms with Crippen LogP contribution in [0.3, 0.4) is 0 Å². The highest BCUT2D eigenvalue weighted by atomic mass is 35.7. The van der Waals surface area contributed by atoms with E-state index in [1.54, 1.807) is 19.9 Å². The highest BCUT2D eigenvalue weighted by Gasteiger charge is 2.32. The van der Waals surface area contributed by atoms with E-state index in [-0.39, 0.29) is 10.8 Å². The van der Waals surface area contributed by atoms with Gasteiger partial charge in [-0.2, -0.15) is 0 Å². The standard InChI is InChI=1S/C14H18ClNO3S/c1-8-5-11(8)7-16-14(17)12-6-13(20(15,18)19)10(3)4-9(12)2/h4,6,8,11H,5,7H2,1-3H3,(H,16,17). The van der Waals surface area contributed by atoms with Crippen LogP contribution in [0.2, 0.25) is 0 Å². The molecule has 0 spiro atoms. The lowest BCUT2D eigenvalue weighted by Gasteiger charge is -2.11. The van der Waals surface area contributed by atoms with E-state index < -0.39 is 9.05 Å². The summed E-state index contributed by atoms with van der Waals surface area (Å²) in [7, 11) is 1.55. The van der Waals surface area contributed by atoms with Gasteiger partial charge >= 0.3 is 0 Å². The molecule has 6 heteroatoms. The summed E-state index contributed by atoms with van der Waals surface area (Å²) < 4.78 is 23.0. The van der Waals surface area contributed by atoms with Crippen molar-refractivity contribution in [2.24, 2.45) is 11.8 Å². The summed E-state index contributed by atoms with van der Waals surface area (Å²) in [6.07, 6.45) is 1.13. The first-order valence-electron chi connectivity index (χ1n) is 6.54. The van der Waals surface area contributed by atoms with Crippen LogP contribution in [0.4, 0.5) is 0 Å². The summed E-state index contributed by atoms with van der Waals surface area (Å²) in [6.45, 7) is 6.23. The maximum Gasteiger partial charge on any atom is 0.261 e. The van der Waals surface area contributed by atoms with Gasteiger partial charge in [0.25, 0.3) is 15.0 Å². The second kappa shape index (κ2) is 5.37. The minimum atomic E-state index is -3.84. The fourth-order valence-electron chi connectivity index (χ4n) is 2.34. The summed E-state index contributed by atoms with van der Waals surface area (Å²) in [6, 6.07) is 3.03. The molecule has 1 fully saturated rings. The zero-order valence-electron chi connectivity index (χ0n) is 11.7. The summed E-state index contributed by atoms with van der Waals surface area (Å²) >= 11 is 0. The van der Waals surface area contributed by atoms with Crippen LogP contribution >= 0.6 is 10.7 Å². The van der Waals surface area contributed by atoms with Crippen LogP contribution in [0.25, 0.3) is 0 Å². The average Bonchev–Trinajstić information content (AvgIpc) is 3.00. The lowest BCUT2D eigenvalue weighted by Crippen LogP contribution is -2.26. The van der Waals surface area contributed by atoms with Crippen LogP contribution in [0.15, 0.2) is 17.0 Å². The van der Waals surface area contributed by atoms with Crippen molar-refractivity contribution in [3.8, 4) is 0 Å². The van der Waals surface area contributed by atoms with Gasteiger partial charge in [0, 0.05) is 22.8 Å². The second-order valence-electron chi connectivity index (χ2n) is 5.55. The number of hydrogen-bond donors (Lipinski definition) is 1. The number of halogens is 1. The Balaban J connectivity index is 2.24. The van der Waals surface area contributed by atoms with Crippen LogP contribution in [0.5, 0.6) is 0 Å². The third kappa shape index (κ3) is 3.33. The normalized spacial score (nSPS) is 21.6. The van der Waals surface area contributed by atoms with Crippen molar-refractivity contribution in [1.82, 2.24) is 5.32 Å².